The van der Waals surface area contributed by atoms with Gasteiger partial charge < -0.3 is 9.47 Å². The van der Waals surface area contributed by atoms with Crippen molar-refractivity contribution in [3.05, 3.63) is 79.1 Å². The van der Waals surface area contributed by atoms with Gasteiger partial charge in [0, 0.05) is 11.6 Å². The zero-order valence-corrected chi connectivity index (χ0v) is 20.1. The Kier molecular flexibility index (Phi) is 7.20. The Morgan fingerprint density at radius 2 is 1.97 bits per heavy atom. The molecule has 1 saturated heterocycles. The Labute approximate surface area is 203 Å². The summed E-state index contributed by atoms with van der Waals surface area (Å²) in [6, 6.07) is 10.8. The van der Waals surface area contributed by atoms with Crippen LogP contribution in [-0.2, 0) is 11.4 Å². The van der Waals surface area contributed by atoms with E-state index in [0.717, 1.165) is 11.1 Å². The average Bonchev–Trinajstić information content (AvgIpc) is 3.38. The van der Waals surface area contributed by atoms with Crippen LogP contribution in [0, 0.1) is 5.41 Å². The summed E-state index contributed by atoms with van der Waals surface area (Å²) >= 11 is 14.6. The van der Waals surface area contributed by atoms with E-state index in [0.29, 0.717) is 49.7 Å². The van der Waals surface area contributed by atoms with Gasteiger partial charge in [-0.05, 0) is 48.4 Å². The summed E-state index contributed by atoms with van der Waals surface area (Å²) in [5.74, 6) is 0.446. The largest absolute Gasteiger partial charge is 0.490 e. The highest BCUT2D eigenvalue weighted by Crippen LogP contribution is 2.41. The fraction of sp³-hybridized carbons (Fsp3) is 0.174. The van der Waals surface area contributed by atoms with Crippen molar-refractivity contribution < 1.29 is 14.3 Å². The van der Waals surface area contributed by atoms with Crippen molar-refractivity contribution in [2.24, 2.45) is 0 Å². The smallest absolute Gasteiger partial charge is 0.186 e. The molecule has 0 spiro atoms. The van der Waals surface area contributed by atoms with Crippen LogP contribution < -0.4 is 9.47 Å². The number of allylic oxidation sites excluding steroid dienone is 1. The predicted octanol–water partition coefficient (Wildman–Crippen LogP) is 6.85. The quantitative estimate of drug-likeness (QED) is 0.356. The first kappa shape index (κ1) is 22.9. The molecule has 4 rings (SSSR count). The zero-order valence-electron chi connectivity index (χ0n) is 16.9. The third kappa shape index (κ3) is 5.02. The third-order valence-electron chi connectivity index (χ3n) is 4.63. The molecule has 2 heterocycles. The molecule has 1 fully saturated rings. The Morgan fingerprint density at radius 1 is 1.12 bits per heavy atom. The van der Waals surface area contributed by atoms with Crippen LogP contribution >= 0.6 is 46.3 Å². The molecule has 0 aliphatic carbocycles. The summed E-state index contributed by atoms with van der Waals surface area (Å²) in [7, 11) is 0. The van der Waals surface area contributed by atoms with E-state index in [1.54, 1.807) is 24.4 Å². The molecular weight excluding hydrogens is 487 g/mol. The fourth-order valence-electron chi connectivity index (χ4n) is 3.13. The van der Waals surface area contributed by atoms with E-state index >= 15 is 0 Å². The highest BCUT2D eigenvalue weighted by Gasteiger charge is 2.38. The van der Waals surface area contributed by atoms with Gasteiger partial charge in [0.05, 0.1) is 26.6 Å². The molecule has 1 aliphatic heterocycles. The standard InChI is InChI=1S/C23H18Cl2N2O3S2/c1-2-29-18-10-13(4-6-17(18)30-12-14-3-5-15(24)16(25)9-14)11-19-21(28)20(22(26)32-19)23-27-7-8-31-23/h3-11,20,26H,2,12H2,1H3/b19-11-,26-22?/t20-/m1/s1. The van der Waals surface area contributed by atoms with Crippen LogP contribution in [0.5, 0.6) is 11.5 Å². The second-order valence-electron chi connectivity index (χ2n) is 6.82. The van der Waals surface area contributed by atoms with E-state index in [-0.39, 0.29) is 5.78 Å². The van der Waals surface area contributed by atoms with Gasteiger partial charge in [0.15, 0.2) is 17.3 Å². The van der Waals surface area contributed by atoms with Crippen molar-refractivity contribution in [1.82, 2.24) is 4.98 Å². The number of Topliss-reactive ketones (excluding diaryl/α,β-unsaturated/α-hetero) is 1. The van der Waals surface area contributed by atoms with Crippen LogP contribution in [0.2, 0.25) is 10.0 Å². The number of rotatable bonds is 7. The maximum absolute atomic E-state index is 12.9. The van der Waals surface area contributed by atoms with Gasteiger partial charge in [0.1, 0.15) is 17.5 Å². The predicted molar refractivity (Wildman–Crippen MR) is 132 cm³/mol. The second-order valence-corrected chi connectivity index (χ2v) is 9.64. The molecular formula is C23H18Cl2N2O3S2. The van der Waals surface area contributed by atoms with E-state index in [1.165, 1.54) is 23.1 Å². The maximum Gasteiger partial charge on any atom is 0.186 e. The van der Waals surface area contributed by atoms with Crippen molar-refractivity contribution in [2.45, 2.75) is 19.4 Å². The van der Waals surface area contributed by atoms with Crippen LogP contribution in [0.1, 0.15) is 29.0 Å². The first-order valence-corrected chi connectivity index (χ1v) is 12.2. The van der Waals surface area contributed by atoms with Crippen LogP contribution in [0.3, 0.4) is 0 Å². The number of aromatic nitrogens is 1. The molecule has 0 radical (unpaired) electrons. The average molecular weight is 505 g/mol. The van der Waals surface area contributed by atoms with Crippen LogP contribution in [0.4, 0.5) is 0 Å². The molecule has 0 bridgehead atoms. The molecule has 32 heavy (non-hydrogen) atoms. The number of thioether (sulfide) groups is 1. The van der Waals surface area contributed by atoms with Gasteiger partial charge >= 0.3 is 0 Å². The summed E-state index contributed by atoms with van der Waals surface area (Å²) in [5.41, 5.74) is 1.67. The highest BCUT2D eigenvalue weighted by molar-refractivity contribution is 8.19. The van der Waals surface area contributed by atoms with Gasteiger partial charge in [0.25, 0.3) is 0 Å². The monoisotopic (exact) mass is 504 g/mol. The molecule has 5 nitrogen and oxygen atoms in total. The van der Waals surface area contributed by atoms with E-state index < -0.39 is 5.92 Å². The molecule has 1 atom stereocenters. The first-order chi connectivity index (χ1) is 15.5. The summed E-state index contributed by atoms with van der Waals surface area (Å²) in [6.45, 7) is 2.66. The molecule has 0 amide bonds. The lowest BCUT2D eigenvalue weighted by molar-refractivity contribution is -0.114. The van der Waals surface area contributed by atoms with E-state index in [4.69, 9.17) is 38.1 Å². The van der Waals surface area contributed by atoms with Gasteiger partial charge in [-0.25, -0.2) is 4.98 Å². The Balaban J connectivity index is 1.54. The molecule has 164 valence electrons. The number of thiazole rings is 1. The van der Waals surface area contributed by atoms with Gasteiger partial charge in [-0.1, -0.05) is 47.1 Å². The van der Waals surface area contributed by atoms with E-state index in [1.807, 2.05) is 36.6 Å². The lowest BCUT2D eigenvalue weighted by Crippen LogP contribution is -2.11. The number of ketones is 1. The summed E-state index contributed by atoms with van der Waals surface area (Å²) in [4.78, 5) is 17.6. The number of benzene rings is 2. The number of hydrogen-bond acceptors (Lipinski definition) is 7. The number of carbonyl (C=O) groups is 1. The van der Waals surface area contributed by atoms with Crippen LogP contribution in [0.15, 0.2) is 52.9 Å². The topological polar surface area (TPSA) is 72.3 Å². The van der Waals surface area contributed by atoms with Gasteiger partial charge in [-0.15, -0.1) is 11.3 Å². The van der Waals surface area contributed by atoms with E-state index in [9.17, 15) is 4.79 Å². The number of halogens is 2. The molecule has 0 saturated carbocycles. The summed E-state index contributed by atoms with van der Waals surface area (Å²) in [6.07, 6.45) is 3.43. The molecule has 1 N–H and O–H groups in total. The van der Waals surface area contributed by atoms with Gasteiger partial charge in [-0.2, -0.15) is 0 Å². The number of hydrogen-bond donors (Lipinski definition) is 1. The Morgan fingerprint density at radius 3 is 2.69 bits per heavy atom. The Hall–Kier alpha value is -2.32. The van der Waals surface area contributed by atoms with Crippen LogP contribution in [0.25, 0.3) is 6.08 Å². The third-order valence-corrected chi connectivity index (χ3v) is 7.20. The number of ether oxygens (including phenoxy) is 2. The molecule has 3 aromatic rings. The minimum absolute atomic E-state index is 0.104. The van der Waals surface area contributed by atoms with Crippen LogP contribution in [-0.4, -0.2) is 22.4 Å². The van der Waals surface area contributed by atoms with Crippen molar-refractivity contribution in [3.8, 4) is 11.5 Å². The molecule has 9 heteroatoms. The minimum atomic E-state index is -0.605. The summed E-state index contributed by atoms with van der Waals surface area (Å²) in [5, 5.41) is 11.9. The number of nitrogens with zero attached hydrogens (tertiary/aromatic N) is 1. The maximum atomic E-state index is 12.9. The number of nitrogens with one attached hydrogen (secondary N) is 1. The first-order valence-electron chi connectivity index (χ1n) is 9.71. The van der Waals surface area contributed by atoms with Crippen molar-refractivity contribution in [3.63, 3.8) is 0 Å². The minimum Gasteiger partial charge on any atom is -0.490 e. The second kappa shape index (κ2) is 10.1. The van der Waals surface area contributed by atoms with Crippen molar-refractivity contribution >= 4 is 63.2 Å². The molecule has 2 aromatic carbocycles. The molecule has 0 unspecified atom stereocenters. The zero-order chi connectivity index (χ0) is 22.7. The lowest BCUT2D eigenvalue weighted by Gasteiger charge is -2.13. The van der Waals surface area contributed by atoms with Crippen molar-refractivity contribution in [1.29, 1.82) is 5.41 Å². The summed E-state index contributed by atoms with van der Waals surface area (Å²) < 4.78 is 11.7. The van der Waals surface area contributed by atoms with E-state index in [2.05, 4.69) is 4.98 Å². The normalized spacial score (nSPS) is 17.2. The Bertz CT molecular complexity index is 1200. The SMILES string of the molecule is CCOc1cc(/C=C2\SC(=N)[C@H](c3nccs3)C2=O)ccc1OCc1ccc(Cl)c(Cl)c1. The molecule has 1 aromatic heterocycles. The van der Waals surface area contributed by atoms with Gasteiger partial charge in [-0.3, -0.25) is 10.2 Å². The highest BCUT2D eigenvalue weighted by atomic mass is 35.5. The van der Waals surface area contributed by atoms with Gasteiger partial charge in [0.2, 0.25) is 0 Å². The molecule has 1 aliphatic rings. The fourth-order valence-corrected chi connectivity index (χ4v) is 5.26. The lowest BCUT2D eigenvalue weighted by atomic mass is 10.0. The number of carbonyl (C=O) groups excluding carboxylic acids is 1. The van der Waals surface area contributed by atoms with Crippen molar-refractivity contribution in [2.75, 3.05) is 6.61 Å².